The van der Waals surface area contributed by atoms with Gasteiger partial charge in [0, 0.05) is 23.7 Å². The maximum Gasteiger partial charge on any atom is 0.266 e. The highest BCUT2D eigenvalue weighted by Crippen LogP contribution is 2.34. The predicted molar refractivity (Wildman–Crippen MR) is 78.1 cm³/mol. The molecule has 1 aromatic carbocycles. The lowest BCUT2D eigenvalue weighted by atomic mass is 10.1. The molecule has 0 radical (unpaired) electrons. The van der Waals surface area contributed by atoms with E-state index in [1.807, 2.05) is 19.1 Å². The number of aryl methyl sites for hydroxylation is 1. The quantitative estimate of drug-likeness (QED) is 0.862. The van der Waals surface area contributed by atoms with E-state index in [0.29, 0.717) is 17.1 Å². The van der Waals surface area contributed by atoms with Crippen LogP contribution in [-0.4, -0.2) is 24.4 Å². The van der Waals surface area contributed by atoms with E-state index in [2.05, 4.69) is 12.6 Å². The molecule has 0 saturated carbocycles. The second-order valence-corrected chi connectivity index (χ2v) is 5.37. The molecule has 18 heavy (non-hydrogen) atoms. The highest BCUT2D eigenvalue weighted by Gasteiger charge is 2.18. The van der Waals surface area contributed by atoms with Crippen LogP contribution in [0.5, 0.6) is 0 Å². The van der Waals surface area contributed by atoms with Crippen LogP contribution in [0.25, 0.3) is 10.1 Å². The van der Waals surface area contributed by atoms with Crippen molar-refractivity contribution in [1.29, 1.82) is 0 Å². The Morgan fingerprint density at radius 2 is 2.28 bits per heavy atom. The van der Waals surface area contributed by atoms with Gasteiger partial charge in [0.25, 0.3) is 5.91 Å². The number of nitrogen functional groups attached to an aromatic ring is 1. The number of benzene rings is 1. The topological polar surface area (TPSA) is 46.3 Å². The number of likely N-dealkylation sites (N-methyl/N-ethyl adjacent to an activating group) is 1. The lowest BCUT2D eigenvalue weighted by Gasteiger charge is -2.13. The standard InChI is InChI=1S/C14H16N2OS/c1-4-7-16(3)14(17)13-12(15)10-6-5-9(2)8-11(10)18-13/h4-6,8H,1,7,15H2,2-3H3. The van der Waals surface area contributed by atoms with Crippen molar-refractivity contribution in [3.05, 3.63) is 41.3 Å². The Morgan fingerprint density at radius 1 is 1.56 bits per heavy atom. The van der Waals surface area contributed by atoms with Crippen molar-refractivity contribution in [3.63, 3.8) is 0 Å². The van der Waals surface area contributed by atoms with Crippen molar-refractivity contribution < 1.29 is 4.79 Å². The van der Waals surface area contributed by atoms with Gasteiger partial charge in [-0.25, -0.2) is 0 Å². The Morgan fingerprint density at radius 3 is 2.94 bits per heavy atom. The summed E-state index contributed by atoms with van der Waals surface area (Å²) in [5, 5.41) is 0.959. The van der Waals surface area contributed by atoms with Crippen molar-refractivity contribution in [2.75, 3.05) is 19.3 Å². The van der Waals surface area contributed by atoms with E-state index >= 15 is 0 Å². The molecule has 0 aliphatic carbocycles. The molecule has 2 aromatic rings. The van der Waals surface area contributed by atoms with Gasteiger partial charge in [-0.2, -0.15) is 0 Å². The Bertz CT molecular complexity index is 616. The number of carbonyl (C=O) groups excluding carboxylic acids is 1. The second-order valence-electron chi connectivity index (χ2n) is 4.32. The van der Waals surface area contributed by atoms with Crippen LogP contribution in [0.3, 0.4) is 0 Å². The maximum atomic E-state index is 12.2. The van der Waals surface area contributed by atoms with Crippen LogP contribution in [0, 0.1) is 6.92 Å². The summed E-state index contributed by atoms with van der Waals surface area (Å²) in [5.74, 6) is -0.0498. The number of fused-ring (bicyclic) bond motifs is 1. The van der Waals surface area contributed by atoms with Gasteiger partial charge in [0.2, 0.25) is 0 Å². The molecule has 0 spiro atoms. The molecule has 2 rings (SSSR count). The monoisotopic (exact) mass is 260 g/mol. The van der Waals surface area contributed by atoms with Gasteiger partial charge in [0.15, 0.2) is 0 Å². The Balaban J connectivity index is 2.48. The summed E-state index contributed by atoms with van der Waals surface area (Å²) >= 11 is 1.45. The number of rotatable bonds is 3. The maximum absolute atomic E-state index is 12.2. The zero-order chi connectivity index (χ0) is 13.3. The SMILES string of the molecule is C=CCN(C)C(=O)c1sc2cc(C)ccc2c1N. The molecular formula is C14H16N2OS. The van der Waals surface area contributed by atoms with E-state index in [1.54, 1.807) is 18.0 Å². The van der Waals surface area contributed by atoms with Crippen molar-refractivity contribution in [3.8, 4) is 0 Å². The largest absolute Gasteiger partial charge is 0.397 e. The summed E-state index contributed by atoms with van der Waals surface area (Å²) < 4.78 is 1.06. The molecule has 0 aliphatic rings. The van der Waals surface area contributed by atoms with E-state index in [0.717, 1.165) is 10.1 Å². The summed E-state index contributed by atoms with van der Waals surface area (Å²) in [5.41, 5.74) is 7.81. The molecular weight excluding hydrogens is 244 g/mol. The minimum Gasteiger partial charge on any atom is -0.397 e. The van der Waals surface area contributed by atoms with Crippen LogP contribution < -0.4 is 5.73 Å². The summed E-state index contributed by atoms with van der Waals surface area (Å²) in [6.45, 7) is 6.18. The highest BCUT2D eigenvalue weighted by atomic mass is 32.1. The first kappa shape index (κ1) is 12.6. The minimum atomic E-state index is -0.0498. The highest BCUT2D eigenvalue weighted by molar-refractivity contribution is 7.21. The number of carbonyl (C=O) groups is 1. The van der Waals surface area contributed by atoms with E-state index in [9.17, 15) is 4.79 Å². The molecule has 4 heteroatoms. The lowest BCUT2D eigenvalue weighted by Crippen LogP contribution is -2.26. The molecule has 0 aliphatic heterocycles. The van der Waals surface area contributed by atoms with Crippen LogP contribution in [0.1, 0.15) is 15.2 Å². The van der Waals surface area contributed by atoms with Crippen molar-refractivity contribution in [1.82, 2.24) is 4.90 Å². The number of anilines is 1. The number of nitrogens with two attached hydrogens (primary N) is 1. The Hall–Kier alpha value is -1.81. The van der Waals surface area contributed by atoms with Gasteiger partial charge < -0.3 is 10.6 Å². The molecule has 2 N–H and O–H groups in total. The van der Waals surface area contributed by atoms with E-state index in [1.165, 1.54) is 16.9 Å². The van der Waals surface area contributed by atoms with Gasteiger partial charge >= 0.3 is 0 Å². The summed E-state index contributed by atoms with van der Waals surface area (Å²) in [7, 11) is 1.75. The first-order chi connectivity index (χ1) is 8.54. The first-order valence-electron chi connectivity index (χ1n) is 5.69. The van der Waals surface area contributed by atoms with Gasteiger partial charge in [-0.05, 0) is 18.6 Å². The molecule has 0 bridgehead atoms. The molecule has 1 aromatic heterocycles. The lowest BCUT2D eigenvalue weighted by molar-refractivity contribution is 0.0816. The first-order valence-corrected chi connectivity index (χ1v) is 6.51. The smallest absolute Gasteiger partial charge is 0.266 e. The Kier molecular flexibility index (Phi) is 3.39. The molecule has 94 valence electrons. The zero-order valence-corrected chi connectivity index (χ0v) is 11.4. The van der Waals surface area contributed by atoms with E-state index < -0.39 is 0 Å². The number of hydrogen-bond donors (Lipinski definition) is 1. The summed E-state index contributed by atoms with van der Waals surface area (Å²) in [6.07, 6.45) is 1.70. The molecule has 0 unspecified atom stereocenters. The fraction of sp³-hybridized carbons (Fsp3) is 0.214. The van der Waals surface area contributed by atoms with Crippen LogP contribution >= 0.6 is 11.3 Å². The normalized spacial score (nSPS) is 10.6. The second kappa shape index (κ2) is 4.82. The fourth-order valence-electron chi connectivity index (χ4n) is 1.83. The number of amides is 1. The fourth-order valence-corrected chi connectivity index (χ4v) is 3.05. The third kappa shape index (κ3) is 2.11. The Labute approximate surface area is 111 Å². The van der Waals surface area contributed by atoms with Gasteiger partial charge in [-0.3, -0.25) is 4.79 Å². The molecule has 3 nitrogen and oxygen atoms in total. The summed E-state index contributed by atoms with van der Waals surface area (Å²) in [6, 6.07) is 6.04. The van der Waals surface area contributed by atoms with Crippen molar-refractivity contribution >= 4 is 33.0 Å². The van der Waals surface area contributed by atoms with E-state index in [-0.39, 0.29) is 5.91 Å². The van der Waals surface area contributed by atoms with Gasteiger partial charge in [0.05, 0.1) is 5.69 Å². The van der Waals surface area contributed by atoms with Crippen LogP contribution in [-0.2, 0) is 0 Å². The number of hydrogen-bond acceptors (Lipinski definition) is 3. The molecule has 0 atom stereocenters. The van der Waals surface area contributed by atoms with Crippen LogP contribution in [0.15, 0.2) is 30.9 Å². The average Bonchev–Trinajstić information content (AvgIpc) is 2.65. The molecule has 0 saturated heterocycles. The summed E-state index contributed by atoms with van der Waals surface area (Å²) in [4.78, 5) is 14.4. The molecule has 1 heterocycles. The number of thiophene rings is 1. The molecule has 1 amide bonds. The van der Waals surface area contributed by atoms with Crippen LogP contribution in [0.4, 0.5) is 5.69 Å². The van der Waals surface area contributed by atoms with Gasteiger partial charge in [-0.15, -0.1) is 17.9 Å². The average molecular weight is 260 g/mol. The molecule has 0 fully saturated rings. The van der Waals surface area contributed by atoms with Crippen molar-refractivity contribution in [2.45, 2.75) is 6.92 Å². The minimum absolute atomic E-state index is 0.0498. The van der Waals surface area contributed by atoms with Gasteiger partial charge in [0.1, 0.15) is 4.88 Å². The zero-order valence-electron chi connectivity index (χ0n) is 10.6. The third-order valence-electron chi connectivity index (χ3n) is 2.83. The third-order valence-corrected chi connectivity index (χ3v) is 3.98. The predicted octanol–water partition coefficient (Wildman–Crippen LogP) is 3.05. The van der Waals surface area contributed by atoms with Gasteiger partial charge in [-0.1, -0.05) is 18.2 Å². The number of nitrogens with zero attached hydrogens (tertiary/aromatic N) is 1. The van der Waals surface area contributed by atoms with E-state index in [4.69, 9.17) is 5.73 Å². The van der Waals surface area contributed by atoms with Crippen LogP contribution in [0.2, 0.25) is 0 Å². The van der Waals surface area contributed by atoms with Crippen molar-refractivity contribution in [2.24, 2.45) is 0 Å².